The number of anilines is 1. The highest BCUT2D eigenvalue weighted by molar-refractivity contribution is 5.91. The molecule has 0 unspecified atom stereocenters. The second-order valence-electron chi connectivity index (χ2n) is 6.52. The number of halogens is 1. The van der Waals surface area contributed by atoms with Crippen molar-refractivity contribution in [3.63, 3.8) is 0 Å². The zero-order valence-electron chi connectivity index (χ0n) is 15.5. The van der Waals surface area contributed by atoms with Gasteiger partial charge in [0.05, 0.1) is 0 Å². The van der Waals surface area contributed by atoms with Crippen LogP contribution in [0.5, 0.6) is 0 Å². The van der Waals surface area contributed by atoms with Crippen LogP contribution in [0.25, 0.3) is 0 Å². The van der Waals surface area contributed by atoms with Crippen molar-refractivity contribution in [2.75, 3.05) is 18.4 Å². The summed E-state index contributed by atoms with van der Waals surface area (Å²) in [5, 5.41) is 2.86. The lowest BCUT2D eigenvalue weighted by Crippen LogP contribution is -2.33. The SMILES string of the molecule is CC(=O)N(CCC(=O)Nc1cc(C)cc(C)c1)CCc1ccccc1F. The normalized spacial score (nSPS) is 10.5. The van der Waals surface area contributed by atoms with Gasteiger partial charge >= 0.3 is 0 Å². The Labute approximate surface area is 154 Å². The number of hydrogen-bond donors (Lipinski definition) is 1. The van der Waals surface area contributed by atoms with Crippen molar-refractivity contribution >= 4 is 17.5 Å². The van der Waals surface area contributed by atoms with Crippen LogP contribution in [0.3, 0.4) is 0 Å². The molecule has 0 bridgehead atoms. The number of benzene rings is 2. The predicted molar refractivity (Wildman–Crippen MR) is 102 cm³/mol. The Hall–Kier alpha value is -2.69. The first kappa shape index (κ1) is 19.6. The Morgan fingerprint density at radius 3 is 2.31 bits per heavy atom. The fourth-order valence-electron chi connectivity index (χ4n) is 2.89. The molecule has 0 aliphatic carbocycles. The van der Waals surface area contributed by atoms with Gasteiger partial charge in [0.1, 0.15) is 5.82 Å². The van der Waals surface area contributed by atoms with Gasteiger partial charge in [-0.15, -0.1) is 0 Å². The molecule has 0 aromatic heterocycles. The first-order valence-electron chi connectivity index (χ1n) is 8.72. The smallest absolute Gasteiger partial charge is 0.226 e. The maximum Gasteiger partial charge on any atom is 0.226 e. The summed E-state index contributed by atoms with van der Waals surface area (Å²) >= 11 is 0. The molecule has 0 saturated heterocycles. The number of hydrogen-bond acceptors (Lipinski definition) is 2. The van der Waals surface area contributed by atoms with E-state index in [-0.39, 0.29) is 24.1 Å². The Morgan fingerprint density at radius 2 is 1.69 bits per heavy atom. The van der Waals surface area contributed by atoms with Crippen LogP contribution in [-0.2, 0) is 16.0 Å². The van der Waals surface area contributed by atoms with E-state index in [2.05, 4.69) is 5.32 Å². The van der Waals surface area contributed by atoms with Gasteiger partial charge in [0.25, 0.3) is 0 Å². The molecule has 0 spiro atoms. The average Bonchev–Trinajstić information content (AvgIpc) is 2.55. The van der Waals surface area contributed by atoms with Crippen LogP contribution in [0.2, 0.25) is 0 Å². The molecule has 26 heavy (non-hydrogen) atoms. The standard InChI is InChI=1S/C21H25FN2O2/c1-15-12-16(2)14-19(13-15)23-21(26)9-11-24(17(3)25)10-8-18-6-4-5-7-20(18)22/h4-7,12-14H,8-11H2,1-3H3,(H,23,26). The van der Waals surface area contributed by atoms with Gasteiger partial charge in [-0.1, -0.05) is 24.3 Å². The Kier molecular flexibility index (Phi) is 6.89. The van der Waals surface area contributed by atoms with E-state index in [0.29, 0.717) is 25.1 Å². The predicted octanol–water partition coefficient (Wildman–Crippen LogP) is 3.86. The maximum absolute atomic E-state index is 13.7. The second-order valence-corrected chi connectivity index (χ2v) is 6.52. The fourth-order valence-corrected chi connectivity index (χ4v) is 2.89. The Morgan fingerprint density at radius 1 is 1.04 bits per heavy atom. The van der Waals surface area contributed by atoms with Crippen LogP contribution in [0, 0.1) is 19.7 Å². The van der Waals surface area contributed by atoms with E-state index < -0.39 is 0 Å². The minimum Gasteiger partial charge on any atom is -0.342 e. The molecule has 2 amide bonds. The van der Waals surface area contributed by atoms with Gasteiger partial charge in [0, 0.05) is 32.1 Å². The third-order valence-corrected chi connectivity index (χ3v) is 4.17. The molecule has 2 rings (SSSR count). The Bertz CT molecular complexity index is 769. The lowest BCUT2D eigenvalue weighted by molar-refractivity contribution is -0.129. The lowest BCUT2D eigenvalue weighted by Gasteiger charge is -2.21. The molecule has 0 heterocycles. The zero-order chi connectivity index (χ0) is 19.1. The van der Waals surface area contributed by atoms with E-state index in [1.165, 1.54) is 13.0 Å². The van der Waals surface area contributed by atoms with E-state index in [1.807, 2.05) is 32.0 Å². The van der Waals surface area contributed by atoms with E-state index in [0.717, 1.165) is 16.8 Å². The number of rotatable bonds is 7. The van der Waals surface area contributed by atoms with Gasteiger partial charge in [-0.05, 0) is 55.2 Å². The molecule has 4 nitrogen and oxygen atoms in total. The van der Waals surface area contributed by atoms with Gasteiger partial charge in [-0.3, -0.25) is 9.59 Å². The van der Waals surface area contributed by atoms with Crippen LogP contribution < -0.4 is 5.32 Å². The molecule has 0 fully saturated rings. The quantitative estimate of drug-likeness (QED) is 0.819. The Balaban J connectivity index is 1.88. The maximum atomic E-state index is 13.7. The lowest BCUT2D eigenvalue weighted by atomic mass is 10.1. The highest BCUT2D eigenvalue weighted by Crippen LogP contribution is 2.14. The van der Waals surface area contributed by atoms with E-state index in [9.17, 15) is 14.0 Å². The van der Waals surface area contributed by atoms with Gasteiger partial charge < -0.3 is 10.2 Å². The number of aryl methyl sites for hydroxylation is 2. The van der Waals surface area contributed by atoms with Crippen molar-refractivity contribution in [3.05, 3.63) is 65.0 Å². The molecule has 5 heteroatoms. The summed E-state index contributed by atoms with van der Waals surface area (Å²) in [6.07, 6.45) is 0.620. The molecule has 1 N–H and O–H groups in total. The minimum atomic E-state index is -0.274. The summed E-state index contributed by atoms with van der Waals surface area (Å²) in [4.78, 5) is 25.6. The van der Waals surface area contributed by atoms with Crippen molar-refractivity contribution in [1.82, 2.24) is 4.90 Å². The number of amides is 2. The van der Waals surface area contributed by atoms with Gasteiger partial charge in [-0.2, -0.15) is 0 Å². The minimum absolute atomic E-state index is 0.125. The van der Waals surface area contributed by atoms with Gasteiger partial charge in [0.15, 0.2) is 0 Å². The average molecular weight is 356 g/mol. The summed E-state index contributed by atoms with van der Waals surface area (Å²) in [5.74, 6) is -0.545. The highest BCUT2D eigenvalue weighted by Gasteiger charge is 2.13. The fraction of sp³-hybridized carbons (Fsp3) is 0.333. The first-order chi connectivity index (χ1) is 12.3. The summed E-state index contributed by atoms with van der Waals surface area (Å²) in [6, 6.07) is 12.4. The monoisotopic (exact) mass is 356 g/mol. The largest absolute Gasteiger partial charge is 0.342 e. The van der Waals surface area contributed by atoms with Crippen molar-refractivity contribution in [1.29, 1.82) is 0 Å². The van der Waals surface area contributed by atoms with Gasteiger partial charge in [-0.25, -0.2) is 4.39 Å². The van der Waals surface area contributed by atoms with Crippen molar-refractivity contribution in [2.24, 2.45) is 0 Å². The van der Waals surface area contributed by atoms with Gasteiger partial charge in [0.2, 0.25) is 11.8 Å². The molecule has 0 atom stereocenters. The highest BCUT2D eigenvalue weighted by atomic mass is 19.1. The molecule has 0 aliphatic rings. The van der Waals surface area contributed by atoms with Crippen LogP contribution >= 0.6 is 0 Å². The topological polar surface area (TPSA) is 49.4 Å². The van der Waals surface area contributed by atoms with Crippen molar-refractivity contribution in [2.45, 2.75) is 33.6 Å². The third-order valence-electron chi connectivity index (χ3n) is 4.17. The molecule has 0 radical (unpaired) electrons. The third kappa shape index (κ3) is 5.99. The summed E-state index contributed by atoms with van der Waals surface area (Å²) in [7, 11) is 0. The molecule has 138 valence electrons. The van der Waals surface area contributed by atoms with E-state index in [1.54, 1.807) is 23.1 Å². The molecule has 0 aliphatic heterocycles. The number of nitrogens with zero attached hydrogens (tertiary/aromatic N) is 1. The molecular weight excluding hydrogens is 331 g/mol. The summed E-state index contributed by atoms with van der Waals surface area (Å²) in [5.41, 5.74) is 3.48. The molecular formula is C21H25FN2O2. The molecule has 2 aromatic carbocycles. The van der Waals surface area contributed by atoms with Crippen LogP contribution in [0.15, 0.2) is 42.5 Å². The first-order valence-corrected chi connectivity index (χ1v) is 8.72. The zero-order valence-corrected chi connectivity index (χ0v) is 15.5. The van der Waals surface area contributed by atoms with E-state index >= 15 is 0 Å². The summed E-state index contributed by atoms with van der Waals surface area (Å²) in [6.45, 7) is 6.10. The summed E-state index contributed by atoms with van der Waals surface area (Å²) < 4.78 is 13.7. The number of carbonyl (C=O) groups is 2. The van der Waals surface area contributed by atoms with Crippen LogP contribution in [0.1, 0.15) is 30.0 Å². The van der Waals surface area contributed by atoms with Crippen LogP contribution in [0.4, 0.5) is 10.1 Å². The number of carbonyl (C=O) groups excluding carboxylic acids is 2. The van der Waals surface area contributed by atoms with Crippen LogP contribution in [-0.4, -0.2) is 29.8 Å². The van der Waals surface area contributed by atoms with Crippen molar-refractivity contribution < 1.29 is 14.0 Å². The molecule has 2 aromatic rings. The van der Waals surface area contributed by atoms with E-state index in [4.69, 9.17) is 0 Å². The molecule has 0 saturated carbocycles. The van der Waals surface area contributed by atoms with Crippen molar-refractivity contribution in [3.8, 4) is 0 Å². The number of nitrogens with one attached hydrogen (secondary N) is 1. The second kappa shape index (κ2) is 9.13.